The lowest BCUT2D eigenvalue weighted by Gasteiger charge is -2.37. The summed E-state index contributed by atoms with van der Waals surface area (Å²) in [6.07, 6.45) is 0.500. The Morgan fingerprint density at radius 2 is 1.77 bits per heavy atom. The highest BCUT2D eigenvalue weighted by molar-refractivity contribution is 7.88. The molecule has 144 valence electrons. The van der Waals surface area contributed by atoms with Gasteiger partial charge in [-0.2, -0.15) is 0 Å². The van der Waals surface area contributed by atoms with Crippen LogP contribution >= 0.6 is 0 Å². The van der Waals surface area contributed by atoms with E-state index >= 15 is 4.39 Å². The van der Waals surface area contributed by atoms with Crippen LogP contribution in [0.1, 0.15) is 39.2 Å². The van der Waals surface area contributed by atoms with Gasteiger partial charge in [-0.25, -0.2) is 18.4 Å². The molecule has 1 saturated heterocycles. The molecule has 1 aromatic rings. The van der Waals surface area contributed by atoms with Crippen molar-refractivity contribution in [2.45, 2.75) is 50.6 Å². The molecule has 0 aromatic heterocycles. The molecule has 0 bridgehead atoms. The van der Waals surface area contributed by atoms with Crippen molar-refractivity contribution in [3.8, 4) is 0 Å². The molecule has 1 fully saturated rings. The van der Waals surface area contributed by atoms with Crippen molar-refractivity contribution in [2.24, 2.45) is 0 Å². The molecule has 2 atom stereocenters. The number of hydrogen-bond donors (Lipinski definition) is 1. The van der Waals surface area contributed by atoms with E-state index in [9.17, 15) is 18.5 Å². The number of hydrogen-bond acceptors (Lipinski definition) is 6. The van der Waals surface area contributed by atoms with Gasteiger partial charge < -0.3 is 14.0 Å². The molecule has 1 N–H and O–H groups in total. The summed E-state index contributed by atoms with van der Waals surface area (Å²) in [5.41, 5.74) is -4.17. The van der Waals surface area contributed by atoms with E-state index in [1.165, 1.54) is 45.2 Å². The van der Waals surface area contributed by atoms with Gasteiger partial charge in [-0.1, -0.05) is 18.2 Å². The topological polar surface area (TPSA) is 87.7 Å². The summed E-state index contributed by atoms with van der Waals surface area (Å²) in [7, 11) is 0. The zero-order valence-electron chi connectivity index (χ0n) is 14.9. The van der Waals surface area contributed by atoms with Crippen LogP contribution in [0.2, 0.25) is 0 Å². The summed E-state index contributed by atoms with van der Waals surface area (Å²) in [5.74, 6) is -4.85. The Hall–Kier alpha value is -1.71. The molecule has 26 heavy (non-hydrogen) atoms. The maximum Gasteiger partial charge on any atom is 0.359 e. The third-order valence-electron chi connectivity index (χ3n) is 4.13. The zero-order valence-corrected chi connectivity index (χ0v) is 15.7. The Bertz CT molecular complexity index is 692. The molecule has 0 unspecified atom stereocenters. The normalized spacial score (nSPS) is 22.1. The second-order valence-electron chi connectivity index (χ2n) is 6.85. The summed E-state index contributed by atoms with van der Waals surface area (Å²) in [6, 6.07) is 5.73. The van der Waals surface area contributed by atoms with Crippen molar-refractivity contribution in [1.29, 1.82) is 0 Å². The Balaban J connectivity index is 2.29. The Morgan fingerprint density at radius 1 is 1.23 bits per heavy atom. The van der Waals surface area contributed by atoms with Gasteiger partial charge in [0.25, 0.3) is 5.79 Å². The lowest BCUT2D eigenvalue weighted by molar-refractivity contribution is -0.253. The van der Waals surface area contributed by atoms with E-state index in [0.717, 1.165) is 0 Å². The molecule has 1 aromatic carbocycles. The van der Waals surface area contributed by atoms with Crippen molar-refractivity contribution < 1.29 is 32.4 Å². The van der Waals surface area contributed by atoms with Gasteiger partial charge in [0, 0.05) is 37.2 Å². The Labute approximate surface area is 153 Å². The number of esters is 2. The summed E-state index contributed by atoms with van der Waals surface area (Å²) in [4.78, 5) is 24.1. The van der Waals surface area contributed by atoms with Crippen LogP contribution in [0, 0.1) is 5.82 Å². The fraction of sp³-hybridized carbons (Fsp3) is 0.529. The second-order valence-corrected chi connectivity index (χ2v) is 7.96. The van der Waals surface area contributed by atoms with Crippen LogP contribution in [0.15, 0.2) is 24.3 Å². The number of nitrogens with one attached hydrogen (secondary N) is 1. The zero-order chi connectivity index (χ0) is 19.8. The monoisotopic (exact) mass is 389 g/mol. The number of ether oxygens (including phenoxy) is 2. The highest BCUT2D eigenvalue weighted by atomic mass is 32.2. The van der Waals surface area contributed by atoms with Crippen molar-refractivity contribution in [1.82, 2.24) is 4.72 Å². The van der Waals surface area contributed by atoms with E-state index < -0.39 is 52.5 Å². The summed E-state index contributed by atoms with van der Waals surface area (Å²) >= 11 is -1.57. The molecule has 0 aliphatic carbocycles. The summed E-state index contributed by atoms with van der Waals surface area (Å²) in [5, 5.41) is 0. The molecule has 1 heterocycles. The van der Waals surface area contributed by atoms with Crippen LogP contribution in [-0.2, 0) is 36.0 Å². The molecular weight excluding hydrogens is 368 g/mol. The standard InChI is InChI=1S/C17H21F2NO5S/c1-15(2)24-13(21)17(19,14(22)25-15)10-9-16(3,20-26(4)23)11-7-5-6-8-12(11)18/h5-8,20H,9-10H2,1-4H3/t16-,26+/m0/s1. The van der Waals surface area contributed by atoms with Gasteiger partial charge in [-0.05, 0) is 19.4 Å². The second kappa shape index (κ2) is 7.13. The molecule has 1 aliphatic heterocycles. The first-order chi connectivity index (χ1) is 11.9. The lowest BCUT2D eigenvalue weighted by Crippen LogP contribution is -2.57. The maximum absolute atomic E-state index is 15.0. The Morgan fingerprint density at radius 3 is 2.27 bits per heavy atom. The SMILES string of the molecule is C[S@@+]([O-])N[C@@](C)(CCC1(F)C(=O)OC(C)(C)OC1=O)c1ccccc1F. The molecule has 6 nitrogen and oxygen atoms in total. The van der Waals surface area contributed by atoms with Gasteiger partial charge in [-0.3, -0.25) is 0 Å². The fourth-order valence-corrected chi connectivity index (χ4v) is 3.65. The van der Waals surface area contributed by atoms with Gasteiger partial charge in [-0.15, -0.1) is 4.72 Å². The number of cyclic esters (lactones) is 2. The van der Waals surface area contributed by atoms with Crippen molar-refractivity contribution in [3.05, 3.63) is 35.6 Å². The summed E-state index contributed by atoms with van der Waals surface area (Å²) in [6.45, 7) is 4.14. The minimum Gasteiger partial charge on any atom is -0.598 e. The summed E-state index contributed by atoms with van der Waals surface area (Å²) < 4.78 is 53.3. The van der Waals surface area contributed by atoms with Crippen LogP contribution in [0.3, 0.4) is 0 Å². The number of alkyl halides is 1. The minimum absolute atomic E-state index is 0.136. The molecule has 0 radical (unpaired) electrons. The number of benzene rings is 1. The van der Waals surface area contributed by atoms with Gasteiger partial charge in [0.15, 0.2) is 0 Å². The third-order valence-corrected chi connectivity index (χ3v) is 4.87. The fourth-order valence-electron chi connectivity index (χ4n) is 2.81. The van der Waals surface area contributed by atoms with E-state index in [1.807, 2.05) is 0 Å². The van der Waals surface area contributed by atoms with Crippen LogP contribution in [0.5, 0.6) is 0 Å². The molecule has 9 heteroatoms. The molecular formula is C17H21F2NO5S. The number of carbonyl (C=O) groups is 2. The predicted molar refractivity (Wildman–Crippen MR) is 90.3 cm³/mol. The minimum atomic E-state index is -3.01. The highest BCUT2D eigenvalue weighted by Gasteiger charge is 2.58. The first-order valence-electron chi connectivity index (χ1n) is 7.92. The first-order valence-corrected chi connectivity index (χ1v) is 9.47. The van der Waals surface area contributed by atoms with E-state index in [-0.39, 0.29) is 12.0 Å². The molecule has 0 saturated carbocycles. The molecule has 2 rings (SSSR count). The van der Waals surface area contributed by atoms with Crippen LogP contribution in [0.4, 0.5) is 8.78 Å². The predicted octanol–water partition coefficient (Wildman–Crippen LogP) is 2.25. The smallest absolute Gasteiger partial charge is 0.359 e. The van der Waals surface area contributed by atoms with Crippen molar-refractivity contribution >= 4 is 23.3 Å². The van der Waals surface area contributed by atoms with E-state index in [4.69, 9.17) is 9.47 Å². The number of rotatable bonds is 6. The van der Waals surface area contributed by atoms with E-state index in [1.54, 1.807) is 6.07 Å². The van der Waals surface area contributed by atoms with Crippen molar-refractivity contribution in [3.63, 3.8) is 0 Å². The Kier molecular flexibility index (Phi) is 5.65. The quantitative estimate of drug-likeness (QED) is 0.456. The van der Waals surface area contributed by atoms with Gasteiger partial charge in [0.1, 0.15) is 12.1 Å². The average Bonchev–Trinajstić information content (AvgIpc) is 2.50. The molecule has 0 spiro atoms. The maximum atomic E-state index is 15.0. The highest BCUT2D eigenvalue weighted by Crippen LogP contribution is 2.37. The first kappa shape index (κ1) is 20.6. The van der Waals surface area contributed by atoms with Gasteiger partial charge in [0.2, 0.25) is 0 Å². The molecule has 1 aliphatic rings. The lowest BCUT2D eigenvalue weighted by atomic mass is 9.84. The third kappa shape index (κ3) is 4.16. The van der Waals surface area contributed by atoms with Crippen LogP contribution in [0.25, 0.3) is 0 Å². The van der Waals surface area contributed by atoms with Crippen molar-refractivity contribution in [2.75, 3.05) is 6.26 Å². The molecule has 0 amide bonds. The van der Waals surface area contributed by atoms with Crippen LogP contribution in [-0.4, -0.2) is 34.2 Å². The van der Waals surface area contributed by atoms with Gasteiger partial charge in [0.05, 0.1) is 5.54 Å². The number of halogens is 2. The van der Waals surface area contributed by atoms with Gasteiger partial charge >= 0.3 is 17.6 Å². The largest absolute Gasteiger partial charge is 0.598 e. The average molecular weight is 389 g/mol. The van der Waals surface area contributed by atoms with Crippen LogP contribution < -0.4 is 4.72 Å². The van der Waals surface area contributed by atoms with E-state index in [0.29, 0.717) is 0 Å². The number of carbonyl (C=O) groups excluding carboxylic acids is 2. The van der Waals surface area contributed by atoms with E-state index in [2.05, 4.69) is 4.72 Å².